The first-order valence-corrected chi connectivity index (χ1v) is 19.1. The Labute approximate surface area is 325 Å². The first-order valence-electron chi connectivity index (χ1n) is 19.1. The molecule has 2 aromatic heterocycles. The monoisotopic (exact) mass is 714 g/mol. The molecule has 0 fully saturated rings. The molecule has 3 nitrogen and oxygen atoms in total. The molecule has 10 aromatic rings. The minimum atomic E-state index is -0.496. The summed E-state index contributed by atoms with van der Waals surface area (Å²) < 4.78 is 6.21. The zero-order chi connectivity index (χ0) is 37.1. The highest BCUT2D eigenvalue weighted by Crippen LogP contribution is 2.56. The van der Waals surface area contributed by atoms with E-state index in [1.807, 2.05) is 30.3 Å². The van der Waals surface area contributed by atoms with Gasteiger partial charge >= 0.3 is 0 Å². The molecule has 0 aliphatic heterocycles. The zero-order valence-electron chi connectivity index (χ0n) is 30.4. The van der Waals surface area contributed by atoms with Crippen LogP contribution in [0.5, 0.6) is 0 Å². The average Bonchev–Trinajstić information content (AvgIpc) is 3.80. The number of hydrogen-bond donors (Lipinski definition) is 0. The Morgan fingerprint density at radius 1 is 0.339 bits per heavy atom. The number of rotatable bonds is 6. The van der Waals surface area contributed by atoms with E-state index >= 15 is 0 Å². The highest BCUT2D eigenvalue weighted by molar-refractivity contribution is 6.05. The lowest BCUT2D eigenvalue weighted by atomic mass is 9.67. The minimum Gasteiger partial charge on any atom is -0.456 e. The molecule has 1 aliphatic carbocycles. The Balaban J connectivity index is 1.06. The van der Waals surface area contributed by atoms with Crippen molar-refractivity contribution in [1.82, 2.24) is 9.97 Å². The molecule has 56 heavy (non-hydrogen) atoms. The highest BCUT2D eigenvalue weighted by Gasteiger charge is 2.46. The highest BCUT2D eigenvalue weighted by atomic mass is 16.3. The van der Waals surface area contributed by atoms with E-state index in [9.17, 15) is 0 Å². The third-order valence-corrected chi connectivity index (χ3v) is 11.4. The summed E-state index contributed by atoms with van der Waals surface area (Å²) in [5.41, 5.74) is 15.8. The molecule has 0 radical (unpaired) electrons. The third-order valence-electron chi connectivity index (χ3n) is 11.4. The van der Waals surface area contributed by atoms with Gasteiger partial charge in [-0.3, -0.25) is 0 Å². The van der Waals surface area contributed by atoms with Gasteiger partial charge in [0.15, 0.2) is 5.82 Å². The van der Waals surface area contributed by atoms with Gasteiger partial charge in [-0.25, -0.2) is 9.97 Å². The van der Waals surface area contributed by atoms with Gasteiger partial charge in [0.25, 0.3) is 0 Å². The standard InChI is InChI=1S/C53H34N2O/c1-4-14-37(15-5-1)52-54-48(36-26-24-35(25-27-36)38-28-31-45-44-21-11-13-23-50(44)56-51(45)33-38)34-49(55-52)39-29-30-43-42-20-10-12-22-46(42)53(47(43)32-39,40-16-6-2-7-17-40)41-18-8-3-9-19-41/h1-34H. The molecule has 0 N–H and O–H groups in total. The van der Waals surface area contributed by atoms with E-state index in [4.69, 9.17) is 14.4 Å². The fourth-order valence-corrected chi connectivity index (χ4v) is 8.80. The van der Waals surface area contributed by atoms with Gasteiger partial charge in [-0.15, -0.1) is 0 Å². The Morgan fingerprint density at radius 3 is 1.64 bits per heavy atom. The smallest absolute Gasteiger partial charge is 0.160 e. The van der Waals surface area contributed by atoms with E-state index in [2.05, 4.69) is 176 Å². The predicted octanol–water partition coefficient (Wildman–Crippen LogP) is 13.4. The van der Waals surface area contributed by atoms with E-state index < -0.39 is 5.41 Å². The topological polar surface area (TPSA) is 38.9 Å². The van der Waals surface area contributed by atoms with Crippen LogP contribution in [-0.2, 0) is 5.41 Å². The van der Waals surface area contributed by atoms with E-state index in [1.165, 1.54) is 33.4 Å². The fourth-order valence-electron chi connectivity index (χ4n) is 8.80. The van der Waals surface area contributed by atoms with Crippen molar-refractivity contribution >= 4 is 21.9 Å². The molecule has 2 heterocycles. The first-order chi connectivity index (χ1) is 27.7. The van der Waals surface area contributed by atoms with E-state index in [1.54, 1.807) is 0 Å². The molecule has 3 heteroatoms. The van der Waals surface area contributed by atoms with Crippen LogP contribution in [0.1, 0.15) is 22.3 Å². The number of nitrogens with zero attached hydrogens (tertiary/aromatic N) is 2. The lowest BCUT2D eigenvalue weighted by molar-refractivity contribution is 0.669. The number of aromatic nitrogens is 2. The van der Waals surface area contributed by atoms with Crippen LogP contribution in [0.3, 0.4) is 0 Å². The summed E-state index contributed by atoms with van der Waals surface area (Å²) >= 11 is 0. The van der Waals surface area contributed by atoms with Crippen molar-refractivity contribution < 1.29 is 4.42 Å². The van der Waals surface area contributed by atoms with Gasteiger partial charge in [0.2, 0.25) is 0 Å². The first kappa shape index (κ1) is 32.1. The largest absolute Gasteiger partial charge is 0.456 e. The van der Waals surface area contributed by atoms with Gasteiger partial charge in [0.05, 0.1) is 16.8 Å². The van der Waals surface area contributed by atoms with Crippen LogP contribution < -0.4 is 0 Å². The third kappa shape index (κ3) is 5.05. The van der Waals surface area contributed by atoms with Gasteiger partial charge in [-0.2, -0.15) is 0 Å². The number of furan rings is 1. The van der Waals surface area contributed by atoms with Crippen molar-refractivity contribution in [3.05, 3.63) is 229 Å². The van der Waals surface area contributed by atoms with Crippen LogP contribution >= 0.6 is 0 Å². The number of fused-ring (bicyclic) bond motifs is 6. The van der Waals surface area contributed by atoms with Crippen LogP contribution in [-0.4, -0.2) is 9.97 Å². The van der Waals surface area contributed by atoms with Crippen LogP contribution in [0, 0.1) is 0 Å². The van der Waals surface area contributed by atoms with Crippen LogP contribution in [0.4, 0.5) is 0 Å². The zero-order valence-corrected chi connectivity index (χ0v) is 30.4. The number of benzene rings is 8. The van der Waals surface area contributed by atoms with Crippen molar-refractivity contribution in [2.75, 3.05) is 0 Å². The average molecular weight is 715 g/mol. The Morgan fingerprint density at radius 2 is 0.893 bits per heavy atom. The molecular formula is C53H34N2O. The van der Waals surface area contributed by atoms with Crippen molar-refractivity contribution in [2.45, 2.75) is 5.41 Å². The summed E-state index contributed by atoms with van der Waals surface area (Å²) in [6.45, 7) is 0. The SMILES string of the molecule is c1ccc(-c2nc(-c3ccc(-c4ccc5c(c4)oc4ccccc45)cc3)cc(-c3ccc4c(c3)C(c3ccccc3)(c3ccccc3)c3ccccc3-4)n2)cc1. The molecule has 0 spiro atoms. The van der Waals surface area contributed by atoms with Gasteiger partial charge in [0.1, 0.15) is 11.2 Å². The van der Waals surface area contributed by atoms with Crippen LogP contribution in [0.25, 0.3) is 78.1 Å². The molecule has 0 saturated carbocycles. The second-order valence-corrected chi connectivity index (χ2v) is 14.5. The summed E-state index contributed by atoms with van der Waals surface area (Å²) in [6, 6.07) is 73.3. The van der Waals surface area contributed by atoms with Gasteiger partial charge in [-0.1, -0.05) is 176 Å². The van der Waals surface area contributed by atoms with Gasteiger partial charge in [0, 0.05) is 27.5 Å². The van der Waals surface area contributed by atoms with Crippen molar-refractivity contribution in [3.8, 4) is 56.2 Å². The van der Waals surface area contributed by atoms with E-state index in [0.29, 0.717) is 5.82 Å². The molecule has 0 saturated heterocycles. The summed E-state index contributed by atoms with van der Waals surface area (Å²) in [5, 5.41) is 2.26. The second-order valence-electron chi connectivity index (χ2n) is 14.5. The number of hydrogen-bond acceptors (Lipinski definition) is 3. The molecule has 0 amide bonds. The predicted molar refractivity (Wildman–Crippen MR) is 228 cm³/mol. The minimum absolute atomic E-state index is 0.496. The van der Waals surface area contributed by atoms with Crippen LogP contribution in [0.15, 0.2) is 211 Å². The van der Waals surface area contributed by atoms with E-state index in [-0.39, 0.29) is 0 Å². The van der Waals surface area contributed by atoms with Crippen molar-refractivity contribution in [1.29, 1.82) is 0 Å². The summed E-state index contributed by atoms with van der Waals surface area (Å²) in [5.74, 6) is 0.693. The molecule has 0 unspecified atom stereocenters. The van der Waals surface area contributed by atoms with Crippen LogP contribution in [0.2, 0.25) is 0 Å². The molecule has 8 aromatic carbocycles. The molecule has 262 valence electrons. The van der Waals surface area contributed by atoms with E-state index in [0.717, 1.165) is 61.1 Å². The van der Waals surface area contributed by atoms with Crippen molar-refractivity contribution in [3.63, 3.8) is 0 Å². The molecule has 11 rings (SSSR count). The molecular weight excluding hydrogens is 681 g/mol. The maximum absolute atomic E-state index is 6.21. The van der Waals surface area contributed by atoms with Gasteiger partial charge in [-0.05, 0) is 74.8 Å². The second kappa shape index (κ2) is 12.9. The Kier molecular flexibility index (Phi) is 7.39. The maximum Gasteiger partial charge on any atom is 0.160 e. The van der Waals surface area contributed by atoms with Crippen molar-refractivity contribution in [2.24, 2.45) is 0 Å². The number of para-hydroxylation sites is 1. The Hall–Kier alpha value is -7.36. The molecule has 0 bridgehead atoms. The Bertz CT molecular complexity index is 3020. The van der Waals surface area contributed by atoms with Gasteiger partial charge < -0.3 is 4.42 Å². The lowest BCUT2D eigenvalue weighted by Crippen LogP contribution is -2.28. The molecule has 1 aliphatic rings. The summed E-state index contributed by atoms with van der Waals surface area (Å²) in [7, 11) is 0. The lowest BCUT2D eigenvalue weighted by Gasteiger charge is -2.34. The maximum atomic E-state index is 6.21. The fraction of sp³-hybridized carbons (Fsp3) is 0.0189. The molecule has 0 atom stereocenters. The quantitative estimate of drug-likeness (QED) is 0.172. The summed E-state index contributed by atoms with van der Waals surface area (Å²) in [4.78, 5) is 10.4. The summed E-state index contributed by atoms with van der Waals surface area (Å²) in [6.07, 6.45) is 0. The normalized spacial score (nSPS) is 12.8.